The van der Waals surface area contributed by atoms with Gasteiger partial charge >= 0.3 is 0 Å². The fraction of sp³-hybridized carbons (Fsp3) is 0.400. The molecule has 3 rings (SSSR count). The van der Waals surface area contributed by atoms with Gasteiger partial charge in [0.25, 0.3) is 0 Å². The van der Waals surface area contributed by atoms with Gasteiger partial charge in [0.1, 0.15) is 6.10 Å². The van der Waals surface area contributed by atoms with E-state index in [-0.39, 0.29) is 12.1 Å². The van der Waals surface area contributed by atoms with Crippen LogP contribution in [0.15, 0.2) is 36.5 Å². The van der Waals surface area contributed by atoms with Crippen LogP contribution in [0.25, 0.3) is 10.8 Å². The highest BCUT2D eigenvalue weighted by atomic mass is 16.5. The smallest absolute Gasteiger partial charge is 0.221 e. The Balaban J connectivity index is 1.86. The highest BCUT2D eigenvalue weighted by Gasteiger charge is 2.21. The Morgan fingerprint density at radius 3 is 2.94 bits per heavy atom. The normalized spacial score (nSPS) is 24.1. The van der Waals surface area contributed by atoms with E-state index in [0.717, 1.165) is 36.9 Å². The van der Waals surface area contributed by atoms with Crippen LogP contribution in [0.2, 0.25) is 0 Å². The molecule has 3 heteroatoms. The summed E-state index contributed by atoms with van der Waals surface area (Å²) in [6.07, 6.45) is 6.30. The zero-order chi connectivity index (χ0) is 12.4. The Morgan fingerprint density at radius 1 is 1.17 bits per heavy atom. The van der Waals surface area contributed by atoms with E-state index in [2.05, 4.69) is 17.1 Å². The monoisotopic (exact) mass is 242 g/mol. The van der Waals surface area contributed by atoms with E-state index in [0.29, 0.717) is 0 Å². The summed E-state index contributed by atoms with van der Waals surface area (Å²) >= 11 is 0. The fourth-order valence-electron chi connectivity index (χ4n) is 2.63. The lowest BCUT2D eigenvalue weighted by Crippen LogP contribution is -2.33. The second-order valence-electron chi connectivity index (χ2n) is 5.00. The van der Waals surface area contributed by atoms with Gasteiger partial charge < -0.3 is 10.5 Å². The minimum absolute atomic E-state index is 0.215. The van der Waals surface area contributed by atoms with Gasteiger partial charge in [-0.3, -0.25) is 0 Å². The van der Waals surface area contributed by atoms with Gasteiger partial charge in [-0.2, -0.15) is 0 Å². The van der Waals surface area contributed by atoms with Gasteiger partial charge in [-0.25, -0.2) is 4.98 Å². The largest absolute Gasteiger partial charge is 0.474 e. The topological polar surface area (TPSA) is 48.1 Å². The van der Waals surface area contributed by atoms with Crippen molar-refractivity contribution in [3.05, 3.63) is 36.5 Å². The van der Waals surface area contributed by atoms with Gasteiger partial charge in [-0.05, 0) is 43.2 Å². The average molecular weight is 242 g/mol. The van der Waals surface area contributed by atoms with Crippen molar-refractivity contribution in [2.75, 3.05) is 0 Å². The number of aromatic nitrogens is 1. The maximum atomic E-state index is 6.05. The first-order chi connectivity index (χ1) is 8.83. The van der Waals surface area contributed by atoms with Gasteiger partial charge in [0.05, 0.1) is 0 Å². The summed E-state index contributed by atoms with van der Waals surface area (Å²) in [5.41, 5.74) is 5.99. The molecule has 1 heterocycles. The quantitative estimate of drug-likeness (QED) is 0.880. The first kappa shape index (κ1) is 11.5. The summed E-state index contributed by atoms with van der Waals surface area (Å²) < 4.78 is 6.05. The summed E-state index contributed by atoms with van der Waals surface area (Å²) in [6, 6.07) is 10.5. The number of hydrogen-bond donors (Lipinski definition) is 1. The van der Waals surface area contributed by atoms with Crippen LogP contribution in [0.4, 0.5) is 0 Å². The van der Waals surface area contributed by atoms with E-state index in [1.807, 2.05) is 18.2 Å². The molecule has 1 aliphatic rings. The molecular weight excluding hydrogens is 224 g/mol. The first-order valence-corrected chi connectivity index (χ1v) is 6.59. The lowest BCUT2D eigenvalue weighted by Gasteiger charge is -2.27. The molecule has 3 nitrogen and oxygen atoms in total. The Morgan fingerprint density at radius 2 is 2.06 bits per heavy atom. The summed E-state index contributed by atoms with van der Waals surface area (Å²) in [7, 11) is 0. The molecule has 2 N–H and O–H groups in total. The molecule has 0 radical (unpaired) electrons. The van der Waals surface area contributed by atoms with Crippen molar-refractivity contribution in [2.45, 2.75) is 37.8 Å². The van der Waals surface area contributed by atoms with Crippen molar-refractivity contribution >= 4 is 10.8 Å². The predicted octanol–water partition coefficient (Wildman–Crippen LogP) is 2.88. The van der Waals surface area contributed by atoms with E-state index < -0.39 is 0 Å². The van der Waals surface area contributed by atoms with Crippen LogP contribution < -0.4 is 10.5 Å². The van der Waals surface area contributed by atoms with Crippen LogP contribution in [0.3, 0.4) is 0 Å². The molecule has 0 saturated heterocycles. The maximum Gasteiger partial charge on any atom is 0.221 e. The highest BCUT2D eigenvalue weighted by Crippen LogP contribution is 2.27. The molecule has 0 aliphatic heterocycles. The lowest BCUT2D eigenvalue weighted by atomic mass is 9.93. The lowest BCUT2D eigenvalue weighted by molar-refractivity contribution is 0.141. The number of pyridine rings is 1. The molecule has 2 atom stereocenters. The van der Waals surface area contributed by atoms with Crippen LogP contribution in [0.5, 0.6) is 5.88 Å². The Labute approximate surface area is 107 Å². The maximum absolute atomic E-state index is 6.05. The molecule has 2 unspecified atom stereocenters. The molecule has 1 fully saturated rings. The molecule has 1 aliphatic carbocycles. The number of hydrogen-bond acceptors (Lipinski definition) is 3. The summed E-state index contributed by atoms with van der Waals surface area (Å²) in [5, 5.41) is 2.25. The molecule has 18 heavy (non-hydrogen) atoms. The van der Waals surface area contributed by atoms with E-state index in [1.54, 1.807) is 6.20 Å². The van der Waals surface area contributed by atoms with Gasteiger partial charge in [-0.15, -0.1) is 0 Å². The van der Waals surface area contributed by atoms with Crippen LogP contribution in [-0.4, -0.2) is 17.1 Å². The zero-order valence-electron chi connectivity index (χ0n) is 10.4. The number of benzene rings is 1. The Bertz CT molecular complexity index is 536. The fourth-order valence-corrected chi connectivity index (χ4v) is 2.63. The van der Waals surface area contributed by atoms with Gasteiger partial charge in [0.15, 0.2) is 0 Å². The highest BCUT2D eigenvalue weighted by molar-refractivity contribution is 5.86. The van der Waals surface area contributed by atoms with Crippen molar-refractivity contribution < 1.29 is 4.74 Å². The number of rotatable bonds is 2. The van der Waals surface area contributed by atoms with E-state index in [4.69, 9.17) is 10.5 Å². The third kappa shape index (κ3) is 2.31. The minimum Gasteiger partial charge on any atom is -0.474 e. The molecule has 2 aromatic rings. The van der Waals surface area contributed by atoms with Crippen molar-refractivity contribution in [1.82, 2.24) is 4.98 Å². The summed E-state index contributed by atoms with van der Waals surface area (Å²) in [4.78, 5) is 4.36. The van der Waals surface area contributed by atoms with Crippen LogP contribution in [-0.2, 0) is 0 Å². The van der Waals surface area contributed by atoms with E-state index in [9.17, 15) is 0 Å². The Hall–Kier alpha value is -1.61. The molecule has 94 valence electrons. The third-order valence-electron chi connectivity index (χ3n) is 3.58. The first-order valence-electron chi connectivity index (χ1n) is 6.59. The number of fused-ring (bicyclic) bond motifs is 1. The SMILES string of the molecule is NC1CCCC(Oc2nccc3ccccc23)C1. The van der Waals surface area contributed by atoms with Crippen LogP contribution in [0.1, 0.15) is 25.7 Å². The molecular formula is C15H18N2O. The van der Waals surface area contributed by atoms with Crippen molar-refractivity contribution in [3.8, 4) is 5.88 Å². The number of nitrogens with zero attached hydrogens (tertiary/aromatic N) is 1. The van der Waals surface area contributed by atoms with Crippen molar-refractivity contribution in [1.29, 1.82) is 0 Å². The molecule has 1 aromatic heterocycles. The minimum atomic E-state index is 0.215. The standard InChI is InChI=1S/C15H18N2O/c16-12-5-3-6-13(10-12)18-15-14-7-2-1-4-11(14)8-9-17-15/h1-2,4,7-9,12-13H,3,5-6,10,16H2. The van der Waals surface area contributed by atoms with Crippen molar-refractivity contribution in [2.24, 2.45) is 5.73 Å². The average Bonchev–Trinajstić information content (AvgIpc) is 2.39. The molecule has 0 bridgehead atoms. The molecule has 1 aromatic carbocycles. The Kier molecular flexibility index (Phi) is 3.15. The third-order valence-corrected chi connectivity index (χ3v) is 3.58. The second-order valence-corrected chi connectivity index (χ2v) is 5.00. The number of nitrogens with two attached hydrogens (primary N) is 1. The second kappa shape index (κ2) is 4.94. The molecule has 1 saturated carbocycles. The zero-order valence-corrected chi connectivity index (χ0v) is 10.4. The summed E-state index contributed by atoms with van der Waals surface area (Å²) in [6.45, 7) is 0. The summed E-state index contributed by atoms with van der Waals surface area (Å²) in [5.74, 6) is 0.743. The van der Waals surface area contributed by atoms with Gasteiger partial charge in [0, 0.05) is 17.6 Å². The van der Waals surface area contributed by atoms with Gasteiger partial charge in [-0.1, -0.05) is 18.2 Å². The molecule has 0 amide bonds. The van der Waals surface area contributed by atoms with E-state index in [1.165, 1.54) is 5.39 Å². The van der Waals surface area contributed by atoms with E-state index >= 15 is 0 Å². The van der Waals surface area contributed by atoms with Crippen molar-refractivity contribution in [3.63, 3.8) is 0 Å². The van der Waals surface area contributed by atoms with Crippen LogP contribution in [0, 0.1) is 0 Å². The molecule has 0 spiro atoms. The van der Waals surface area contributed by atoms with Gasteiger partial charge in [0.2, 0.25) is 5.88 Å². The predicted molar refractivity (Wildman–Crippen MR) is 72.6 cm³/mol. The number of ether oxygens (including phenoxy) is 1. The van der Waals surface area contributed by atoms with Crippen LogP contribution >= 0.6 is 0 Å².